The molecule has 2 aromatic rings. The number of hydrogen-bond donors (Lipinski definition) is 0. The Balaban J connectivity index is 2.40. The van der Waals surface area contributed by atoms with Crippen LogP contribution in [0.15, 0.2) is 36.4 Å². The van der Waals surface area contributed by atoms with E-state index in [1.54, 1.807) is 19.1 Å². The Kier molecular flexibility index (Phi) is 5.16. The van der Waals surface area contributed by atoms with Crippen LogP contribution in [0.4, 0.5) is 5.69 Å². The van der Waals surface area contributed by atoms with Gasteiger partial charge in [-0.1, -0.05) is 12.1 Å². The van der Waals surface area contributed by atoms with Crippen LogP contribution >= 0.6 is 0 Å². The molecule has 1 heterocycles. The van der Waals surface area contributed by atoms with E-state index in [4.69, 9.17) is 4.74 Å². The Morgan fingerprint density at radius 1 is 1.17 bits per heavy atom. The molecule has 1 atom stereocenters. The summed E-state index contributed by atoms with van der Waals surface area (Å²) in [7, 11) is 0. The fourth-order valence-electron chi connectivity index (χ4n) is 2.73. The predicted molar refractivity (Wildman–Crippen MR) is 86.4 cm³/mol. The maximum Gasteiger partial charge on any atom is 0.308 e. The molecule has 0 saturated carbocycles. The number of carbonyl (C=O) groups excluding carboxylic acids is 1. The van der Waals surface area contributed by atoms with Crippen molar-refractivity contribution in [1.82, 2.24) is 4.57 Å². The minimum atomic E-state index is -0.434. The van der Waals surface area contributed by atoms with Crippen molar-refractivity contribution in [2.45, 2.75) is 33.2 Å². The quantitative estimate of drug-likeness (QED) is 0.464. The second kappa shape index (κ2) is 7.09. The van der Waals surface area contributed by atoms with E-state index >= 15 is 0 Å². The highest BCUT2D eigenvalue weighted by molar-refractivity contribution is 5.70. The van der Waals surface area contributed by atoms with Crippen molar-refractivity contribution in [2.24, 2.45) is 0 Å². The van der Waals surface area contributed by atoms with E-state index < -0.39 is 4.92 Å². The molecule has 0 aliphatic heterocycles. The van der Waals surface area contributed by atoms with E-state index in [-0.39, 0.29) is 24.1 Å². The molecular formula is C17H20N2O4. The molecule has 0 aliphatic rings. The van der Waals surface area contributed by atoms with Gasteiger partial charge in [-0.3, -0.25) is 14.9 Å². The number of aryl methyl sites for hydroxylation is 2. The molecule has 0 fully saturated rings. The minimum absolute atomic E-state index is 0.0320. The van der Waals surface area contributed by atoms with Gasteiger partial charge in [-0.25, -0.2) is 0 Å². The first kappa shape index (κ1) is 16.7. The highest BCUT2D eigenvalue weighted by Crippen LogP contribution is 2.28. The first-order valence-electron chi connectivity index (χ1n) is 7.48. The van der Waals surface area contributed by atoms with Crippen molar-refractivity contribution in [2.75, 3.05) is 6.61 Å². The van der Waals surface area contributed by atoms with E-state index in [0.717, 1.165) is 17.0 Å². The summed E-state index contributed by atoms with van der Waals surface area (Å²) in [5.41, 5.74) is 2.92. The molecule has 6 nitrogen and oxygen atoms in total. The molecule has 6 heteroatoms. The summed E-state index contributed by atoms with van der Waals surface area (Å²) in [5.74, 6) is -0.289. The second-order valence-electron chi connectivity index (χ2n) is 5.36. The van der Waals surface area contributed by atoms with Crippen LogP contribution in [-0.2, 0) is 9.53 Å². The summed E-state index contributed by atoms with van der Waals surface area (Å²) >= 11 is 0. The van der Waals surface area contributed by atoms with Crippen LogP contribution in [0.3, 0.4) is 0 Å². The van der Waals surface area contributed by atoms with E-state index in [1.165, 1.54) is 12.1 Å². The number of hydrogen-bond acceptors (Lipinski definition) is 4. The van der Waals surface area contributed by atoms with Crippen LogP contribution in [0.2, 0.25) is 0 Å². The molecule has 122 valence electrons. The predicted octanol–water partition coefficient (Wildman–Crippen LogP) is 3.56. The minimum Gasteiger partial charge on any atom is -0.466 e. The normalized spacial score (nSPS) is 12.0. The molecule has 0 bridgehead atoms. The summed E-state index contributed by atoms with van der Waals surface area (Å²) in [6.07, 6.45) is 0.183. The van der Waals surface area contributed by atoms with E-state index in [2.05, 4.69) is 4.57 Å². The standard InChI is InChI=1S/C17H20N2O4/c1-4-23-17(20)11-16(18-12(2)5-6-13(18)3)14-7-9-15(10-8-14)19(21)22/h5-10,16H,4,11H2,1-3H3/t16-/m0/s1. The Hall–Kier alpha value is -2.63. The van der Waals surface area contributed by atoms with Crippen molar-refractivity contribution in [1.29, 1.82) is 0 Å². The maximum atomic E-state index is 12.0. The Labute approximate surface area is 134 Å². The molecule has 0 saturated heterocycles. The van der Waals surface area contributed by atoms with Crippen LogP contribution in [0.1, 0.15) is 36.3 Å². The van der Waals surface area contributed by atoms with Gasteiger partial charge in [-0.05, 0) is 38.5 Å². The van der Waals surface area contributed by atoms with E-state index in [9.17, 15) is 14.9 Å². The number of ether oxygens (including phenoxy) is 1. The molecule has 2 rings (SSSR count). The van der Waals surface area contributed by atoms with Gasteiger partial charge in [0.15, 0.2) is 0 Å². The number of non-ortho nitro benzene ring substituents is 1. The maximum absolute atomic E-state index is 12.0. The lowest BCUT2D eigenvalue weighted by Gasteiger charge is -2.22. The van der Waals surface area contributed by atoms with E-state index in [0.29, 0.717) is 6.61 Å². The van der Waals surface area contributed by atoms with Crippen LogP contribution in [0.25, 0.3) is 0 Å². The number of aromatic nitrogens is 1. The lowest BCUT2D eigenvalue weighted by molar-refractivity contribution is -0.384. The molecule has 0 unspecified atom stereocenters. The van der Waals surface area contributed by atoms with Gasteiger partial charge in [0.25, 0.3) is 5.69 Å². The molecule has 1 aromatic carbocycles. The zero-order chi connectivity index (χ0) is 17.0. The van der Waals surface area contributed by atoms with Crippen molar-refractivity contribution in [3.05, 3.63) is 63.5 Å². The third-order valence-electron chi connectivity index (χ3n) is 3.79. The number of rotatable bonds is 6. The highest BCUT2D eigenvalue weighted by atomic mass is 16.6. The van der Waals surface area contributed by atoms with Crippen molar-refractivity contribution >= 4 is 11.7 Å². The van der Waals surface area contributed by atoms with Gasteiger partial charge >= 0.3 is 5.97 Å². The molecule has 23 heavy (non-hydrogen) atoms. The number of esters is 1. The molecular weight excluding hydrogens is 296 g/mol. The Morgan fingerprint density at radius 3 is 2.22 bits per heavy atom. The molecule has 0 radical (unpaired) electrons. The first-order valence-corrected chi connectivity index (χ1v) is 7.48. The zero-order valence-corrected chi connectivity index (χ0v) is 13.5. The molecule has 0 N–H and O–H groups in total. The molecule has 0 amide bonds. The summed E-state index contributed by atoms with van der Waals surface area (Å²) in [5, 5.41) is 10.8. The summed E-state index contributed by atoms with van der Waals surface area (Å²) in [6, 6.07) is 10.0. The molecule has 1 aromatic heterocycles. The van der Waals surface area contributed by atoms with Crippen LogP contribution < -0.4 is 0 Å². The van der Waals surface area contributed by atoms with Gasteiger partial charge in [0.05, 0.1) is 24.0 Å². The SMILES string of the molecule is CCOC(=O)C[C@@H](c1ccc([N+](=O)[O-])cc1)n1c(C)ccc1C. The highest BCUT2D eigenvalue weighted by Gasteiger charge is 2.22. The monoisotopic (exact) mass is 316 g/mol. The lowest BCUT2D eigenvalue weighted by Crippen LogP contribution is -2.19. The third-order valence-corrected chi connectivity index (χ3v) is 3.79. The summed E-state index contributed by atoms with van der Waals surface area (Å²) < 4.78 is 7.13. The van der Waals surface area contributed by atoms with Crippen molar-refractivity contribution in [3.8, 4) is 0 Å². The van der Waals surface area contributed by atoms with Gasteiger partial charge in [-0.2, -0.15) is 0 Å². The third kappa shape index (κ3) is 3.77. The average Bonchev–Trinajstić information content (AvgIpc) is 2.84. The molecule has 0 aliphatic carbocycles. The summed E-state index contributed by atoms with van der Waals surface area (Å²) in [4.78, 5) is 22.3. The van der Waals surface area contributed by atoms with Crippen LogP contribution in [0.5, 0.6) is 0 Å². The Morgan fingerprint density at radius 2 is 1.74 bits per heavy atom. The van der Waals surface area contributed by atoms with Gasteiger partial charge in [0.1, 0.15) is 0 Å². The van der Waals surface area contributed by atoms with Crippen LogP contribution in [0, 0.1) is 24.0 Å². The fourth-order valence-corrected chi connectivity index (χ4v) is 2.73. The van der Waals surface area contributed by atoms with Crippen molar-refractivity contribution in [3.63, 3.8) is 0 Å². The van der Waals surface area contributed by atoms with Crippen molar-refractivity contribution < 1.29 is 14.5 Å². The van der Waals surface area contributed by atoms with Crippen LogP contribution in [-0.4, -0.2) is 22.1 Å². The number of benzene rings is 1. The largest absolute Gasteiger partial charge is 0.466 e. The number of nitro groups is 1. The number of nitrogens with zero attached hydrogens (tertiary/aromatic N) is 2. The fraction of sp³-hybridized carbons (Fsp3) is 0.353. The first-order chi connectivity index (χ1) is 10.9. The number of nitro benzene ring substituents is 1. The average molecular weight is 316 g/mol. The van der Waals surface area contributed by atoms with Gasteiger partial charge in [-0.15, -0.1) is 0 Å². The lowest BCUT2D eigenvalue weighted by atomic mass is 10.0. The summed E-state index contributed by atoms with van der Waals surface area (Å²) in [6.45, 7) is 6.04. The zero-order valence-electron chi connectivity index (χ0n) is 13.5. The Bertz CT molecular complexity index is 684. The topological polar surface area (TPSA) is 74.4 Å². The van der Waals surface area contributed by atoms with E-state index in [1.807, 2.05) is 26.0 Å². The molecule has 0 spiro atoms. The van der Waals surface area contributed by atoms with Gasteiger partial charge in [0.2, 0.25) is 0 Å². The van der Waals surface area contributed by atoms with Gasteiger partial charge in [0, 0.05) is 23.5 Å². The number of carbonyl (C=O) groups is 1. The van der Waals surface area contributed by atoms with Gasteiger partial charge < -0.3 is 9.30 Å². The second-order valence-corrected chi connectivity index (χ2v) is 5.36. The smallest absolute Gasteiger partial charge is 0.308 e.